The summed E-state index contributed by atoms with van der Waals surface area (Å²) in [6.45, 7) is 1.86. The summed E-state index contributed by atoms with van der Waals surface area (Å²) in [6, 6.07) is 7.83. The van der Waals surface area contributed by atoms with Crippen LogP contribution in [0.4, 0.5) is 5.69 Å². The highest BCUT2D eigenvalue weighted by molar-refractivity contribution is 6.02. The van der Waals surface area contributed by atoms with Gasteiger partial charge in [-0.25, -0.2) is 0 Å². The number of nitrogens with one attached hydrogen (secondary N) is 2. The lowest BCUT2D eigenvalue weighted by Crippen LogP contribution is -2.34. The minimum absolute atomic E-state index is 0.123. The van der Waals surface area contributed by atoms with Crippen molar-refractivity contribution in [1.82, 2.24) is 10.3 Å². The van der Waals surface area contributed by atoms with Crippen molar-refractivity contribution >= 4 is 22.4 Å². The number of anilines is 1. The molecule has 2 N–H and O–H groups in total. The molecule has 1 saturated heterocycles. The van der Waals surface area contributed by atoms with Gasteiger partial charge in [-0.05, 0) is 38.1 Å². The molecule has 19 heavy (non-hydrogen) atoms. The number of piperidine rings is 1. The van der Waals surface area contributed by atoms with E-state index in [1.54, 1.807) is 6.20 Å². The normalized spacial score (nSPS) is 16.4. The first kappa shape index (κ1) is 12.1. The first-order valence-electron chi connectivity index (χ1n) is 6.69. The van der Waals surface area contributed by atoms with Gasteiger partial charge in [-0.3, -0.25) is 9.78 Å². The van der Waals surface area contributed by atoms with Crippen LogP contribution in [0.3, 0.4) is 0 Å². The molecule has 0 unspecified atom stereocenters. The second-order valence-electron chi connectivity index (χ2n) is 4.92. The summed E-state index contributed by atoms with van der Waals surface area (Å²) in [7, 11) is 0. The molecule has 1 aliphatic heterocycles. The molecule has 2 heterocycles. The standard InChI is InChI=1S/C15H17N3O/c19-15(11-4-7-16-8-5-11)18-14-3-1-2-12-10-17-9-6-13(12)14/h1-3,6,9-11,16H,4-5,7-8H2,(H,18,19). The van der Waals surface area contributed by atoms with Gasteiger partial charge in [-0.2, -0.15) is 0 Å². The maximum atomic E-state index is 12.3. The van der Waals surface area contributed by atoms with Crippen LogP contribution in [0, 0.1) is 5.92 Å². The van der Waals surface area contributed by atoms with E-state index in [4.69, 9.17) is 0 Å². The van der Waals surface area contributed by atoms with Gasteiger partial charge in [0.25, 0.3) is 0 Å². The van der Waals surface area contributed by atoms with Crippen LogP contribution in [0.2, 0.25) is 0 Å². The summed E-state index contributed by atoms with van der Waals surface area (Å²) in [5, 5.41) is 8.42. The number of aromatic nitrogens is 1. The van der Waals surface area contributed by atoms with Crippen molar-refractivity contribution < 1.29 is 4.79 Å². The van der Waals surface area contributed by atoms with E-state index >= 15 is 0 Å². The Kier molecular flexibility index (Phi) is 3.42. The molecule has 1 aromatic carbocycles. The highest BCUT2D eigenvalue weighted by Gasteiger charge is 2.21. The predicted octanol–water partition coefficient (Wildman–Crippen LogP) is 2.17. The second-order valence-corrected chi connectivity index (χ2v) is 4.92. The van der Waals surface area contributed by atoms with Gasteiger partial charge in [0, 0.05) is 34.8 Å². The van der Waals surface area contributed by atoms with E-state index < -0.39 is 0 Å². The number of pyridine rings is 1. The fraction of sp³-hybridized carbons (Fsp3) is 0.333. The van der Waals surface area contributed by atoms with Crippen LogP contribution in [0.25, 0.3) is 10.8 Å². The Morgan fingerprint density at radius 1 is 1.26 bits per heavy atom. The summed E-state index contributed by atoms with van der Waals surface area (Å²) in [5.41, 5.74) is 0.878. The Bertz CT molecular complexity index is 585. The Morgan fingerprint density at radius 3 is 2.95 bits per heavy atom. The summed E-state index contributed by atoms with van der Waals surface area (Å²) in [4.78, 5) is 16.4. The second kappa shape index (κ2) is 5.36. The number of carbonyl (C=O) groups is 1. The first-order valence-corrected chi connectivity index (χ1v) is 6.69. The molecule has 3 rings (SSSR count). The number of fused-ring (bicyclic) bond motifs is 1. The smallest absolute Gasteiger partial charge is 0.227 e. The molecule has 1 aromatic heterocycles. The number of carbonyl (C=O) groups excluding carboxylic acids is 1. The van der Waals surface area contributed by atoms with Gasteiger partial charge in [0.05, 0.1) is 0 Å². The number of hydrogen-bond acceptors (Lipinski definition) is 3. The third-order valence-electron chi connectivity index (χ3n) is 3.65. The van der Waals surface area contributed by atoms with E-state index in [0.717, 1.165) is 42.4 Å². The van der Waals surface area contributed by atoms with Crippen LogP contribution in [-0.2, 0) is 4.79 Å². The van der Waals surface area contributed by atoms with Crippen molar-refractivity contribution in [2.24, 2.45) is 5.92 Å². The summed E-state index contributed by atoms with van der Waals surface area (Å²) in [5.74, 6) is 0.254. The van der Waals surface area contributed by atoms with Gasteiger partial charge in [0.15, 0.2) is 0 Å². The van der Waals surface area contributed by atoms with Gasteiger partial charge in [0.1, 0.15) is 0 Å². The molecule has 0 saturated carbocycles. The van der Waals surface area contributed by atoms with Crippen molar-refractivity contribution in [3.63, 3.8) is 0 Å². The lowest BCUT2D eigenvalue weighted by Gasteiger charge is -2.22. The fourth-order valence-electron chi connectivity index (χ4n) is 2.55. The summed E-state index contributed by atoms with van der Waals surface area (Å²) < 4.78 is 0. The number of nitrogens with zero attached hydrogens (tertiary/aromatic N) is 1. The molecule has 1 aliphatic rings. The summed E-state index contributed by atoms with van der Waals surface area (Å²) in [6.07, 6.45) is 5.40. The highest BCUT2D eigenvalue weighted by atomic mass is 16.1. The van der Waals surface area contributed by atoms with Crippen molar-refractivity contribution in [2.45, 2.75) is 12.8 Å². The third kappa shape index (κ3) is 2.58. The van der Waals surface area contributed by atoms with E-state index in [9.17, 15) is 4.79 Å². The van der Waals surface area contributed by atoms with E-state index in [1.807, 2.05) is 30.5 Å². The average molecular weight is 255 g/mol. The first-order chi connectivity index (χ1) is 9.34. The SMILES string of the molecule is O=C(Nc1cccc2cnccc12)C1CCNCC1. The molecule has 0 spiro atoms. The Hall–Kier alpha value is -1.94. The fourth-order valence-corrected chi connectivity index (χ4v) is 2.55. The largest absolute Gasteiger partial charge is 0.325 e. The molecule has 0 atom stereocenters. The van der Waals surface area contributed by atoms with E-state index in [0.29, 0.717) is 0 Å². The molecule has 0 aliphatic carbocycles. The predicted molar refractivity (Wildman–Crippen MR) is 76.0 cm³/mol. The maximum absolute atomic E-state index is 12.3. The average Bonchev–Trinajstić information content (AvgIpc) is 2.48. The van der Waals surface area contributed by atoms with Crippen LogP contribution in [-0.4, -0.2) is 24.0 Å². The van der Waals surface area contributed by atoms with Gasteiger partial charge >= 0.3 is 0 Å². The number of hydrogen-bond donors (Lipinski definition) is 2. The molecule has 98 valence electrons. The molecule has 1 amide bonds. The Labute approximate surface area is 112 Å². The summed E-state index contributed by atoms with van der Waals surface area (Å²) >= 11 is 0. The molecule has 4 nitrogen and oxygen atoms in total. The van der Waals surface area contributed by atoms with E-state index in [-0.39, 0.29) is 11.8 Å². The van der Waals surface area contributed by atoms with Crippen LogP contribution in [0.5, 0.6) is 0 Å². The quantitative estimate of drug-likeness (QED) is 0.864. The Morgan fingerprint density at radius 2 is 2.11 bits per heavy atom. The number of benzene rings is 1. The molecule has 0 radical (unpaired) electrons. The minimum Gasteiger partial charge on any atom is -0.325 e. The van der Waals surface area contributed by atoms with E-state index in [1.165, 1.54) is 0 Å². The third-order valence-corrected chi connectivity index (χ3v) is 3.65. The van der Waals surface area contributed by atoms with Crippen LogP contribution >= 0.6 is 0 Å². The van der Waals surface area contributed by atoms with Gasteiger partial charge in [-0.15, -0.1) is 0 Å². The molecule has 1 fully saturated rings. The van der Waals surface area contributed by atoms with Gasteiger partial charge in [-0.1, -0.05) is 12.1 Å². The molecule has 4 heteroatoms. The lowest BCUT2D eigenvalue weighted by atomic mass is 9.97. The lowest BCUT2D eigenvalue weighted by molar-refractivity contribution is -0.120. The zero-order valence-electron chi connectivity index (χ0n) is 10.7. The molecule has 0 bridgehead atoms. The van der Waals surface area contributed by atoms with Crippen molar-refractivity contribution in [3.8, 4) is 0 Å². The van der Waals surface area contributed by atoms with Crippen molar-refractivity contribution in [1.29, 1.82) is 0 Å². The van der Waals surface area contributed by atoms with Crippen molar-refractivity contribution in [3.05, 3.63) is 36.7 Å². The zero-order chi connectivity index (χ0) is 13.1. The highest BCUT2D eigenvalue weighted by Crippen LogP contribution is 2.23. The van der Waals surface area contributed by atoms with Gasteiger partial charge < -0.3 is 10.6 Å². The molecular formula is C15H17N3O. The van der Waals surface area contributed by atoms with Gasteiger partial charge in [0.2, 0.25) is 5.91 Å². The molecular weight excluding hydrogens is 238 g/mol. The number of amides is 1. The van der Waals surface area contributed by atoms with Crippen LogP contribution in [0.1, 0.15) is 12.8 Å². The van der Waals surface area contributed by atoms with E-state index in [2.05, 4.69) is 15.6 Å². The van der Waals surface area contributed by atoms with Crippen molar-refractivity contribution in [2.75, 3.05) is 18.4 Å². The minimum atomic E-state index is 0.123. The number of rotatable bonds is 2. The topological polar surface area (TPSA) is 54.0 Å². The monoisotopic (exact) mass is 255 g/mol. The zero-order valence-corrected chi connectivity index (χ0v) is 10.7. The Balaban J connectivity index is 1.82. The van der Waals surface area contributed by atoms with Crippen LogP contribution < -0.4 is 10.6 Å². The van der Waals surface area contributed by atoms with Crippen LogP contribution in [0.15, 0.2) is 36.7 Å². The molecule has 2 aromatic rings. The maximum Gasteiger partial charge on any atom is 0.227 e.